The van der Waals surface area contributed by atoms with Gasteiger partial charge in [-0.2, -0.15) is 0 Å². The Labute approximate surface area is 84.9 Å². The number of carbonyl (C=O) groups is 1. The number of hydrogen-bond donors (Lipinski definition) is 3. The minimum atomic E-state index is -0.337. The highest BCUT2D eigenvalue weighted by Gasteiger charge is 2.33. The van der Waals surface area contributed by atoms with E-state index in [-0.39, 0.29) is 24.0 Å². The van der Waals surface area contributed by atoms with E-state index in [1.807, 2.05) is 0 Å². The zero-order valence-electron chi connectivity index (χ0n) is 8.75. The van der Waals surface area contributed by atoms with Crippen LogP contribution in [0, 0.1) is 5.41 Å². The van der Waals surface area contributed by atoms with Crippen LogP contribution in [0.4, 0.5) is 0 Å². The van der Waals surface area contributed by atoms with Crippen LogP contribution in [0.25, 0.3) is 0 Å². The molecule has 1 unspecified atom stereocenters. The molecule has 82 valence electrons. The molecule has 0 radical (unpaired) electrons. The molecular formula is C10H20N2O2. The fourth-order valence-electron chi connectivity index (χ4n) is 1.99. The summed E-state index contributed by atoms with van der Waals surface area (Å²) in [5.41, 5.74) is 5.13. The fraction of sp³-hybridized carbons (Fsp3) is 0.900. The van der Waals surface area contributed by atoms with E-state index in [0.29, 0.717) is 6.54 Å². The maximum absolute atomic E-state index is 10.8. The summed E-state index contributed by atoms with van der Waals surface area (Å²) in [6.07, 6.45) is 4.43. The molecule has 14 heavy (non-hydrogen) atoms. The van der Waals surface area contributed by atoms with E-state index in [2.05, 4.69) is 5.32 Å². The van der Waals surface area contributed by atoms with Gasteiger partial charge in [0.2, 0.25) is 5.91 Å². The number of carbonyl (C=O) groups excluding carboxylic acids is 1. The first kappa shape index (κ1) is 11.5. The molecule has 1 atom stereocenters. The first-order valence-electron chi connectivity index (χ1n) is 5.23. The van der Waals surface area contributed by atoms with Crippen molar-refractivity contribution in [3.05, 3.63) is 0 Å². The summed E-state index contributed by atoms with van der Waals surface area (Å²) in [4.78, 5) is 10.8. The zero-order chi connectivity index (χ0) is 10.6. The van der Waals surface area contributed by atoms with E-state index in [9.17, 15) is 9.90 Å². The number of hydrogen-bond acceptors (Lipinski definition) is 3. The molecule has 0 aromatic rings. The normalized spacial score (nSPS) is 22.1. The van der Waals surface area contributed by atoms with Crippen molar-refractivity contribution in [1.29, 1.82) is 0 Å². The molecule has 0 spiro atoms. The summed E-state index contributed by atoms with van der Waals surface area (Å²) in [5.74, 6) is -0.337. The summed E-state index contributed by atoms with van der Waals surface area (Å²) in [5, 5.41) is 12.4. The second kappa shape index (κ2) is 4.75. The van der Waals surface area contributed by atoms with Crippen LogP contribution in [0.2, 0.25) is 0 Å². The Balaban J connectivity index is 2.38. The average molecular weight is 200 g/mol. The van der Waals surface area contributed by atoms with Crippen LogP contribution < -0.4 is 11.1 Å². The molecule has 0 saturated heterocycles. The van der Waals surface area contributed by atoms with Gasteiger partial charge in [-0.3, -0.25) is 4.79 Å². The lowest BCUT2D eigenvalue weighted by Gasteiger charge is -2.27. The highest BCUT2D eigenvalue weighted by atomic mass is 16.3. The summed E-state index contributed by atoms with van der Waals surface area (Å²) < 4.78 is 0. The van der Waals surface area contributed by atoms with Gasteiger partial charge in [-0.25, -0.2) is 0 Å². The van der Waals surface area contributed by atoms with Crippen molar-refractivity contribution < 1.29 is 9.90 Å². The molecule has 1 saturated carbocycles. The van der Waals surface area contributed by atoms with Crippen molar-refractivity contribution in [3.63, 3.8) is 0 Å². The lowest BCUT2D eigenvalue weighted by atomic mass is 9.87. The van der Waals surface area contributed by atoms with Crippen molar-refractivity contribution >= 4 is 5.91 Å². The molecule has 4 nitrogen and oxygen atoms in total. The van der Waals surface area contributed by atoms with E-state index < -0.39 is 0 Å². The fourth-order valence-corrected chi connectivity index (χ4v) is 1.99. The predicted octanol–water partition coefficient (Wildman–Crippen LogP) is 0.00250. The van der Waals surface area contributed by atoms with Crippen LogP contribution >= 0.6 is 0 Å². The summed E-state index contributed by atoms with van der Waals surface area (Å²) in [6.45, 7) is 2.64. The van der Waals surface area contributed by atoms with Gasteiger partial charge in [-0.05, 0) is 19.8 Å². The molecule has 0 aromatic carbocycles. The van der Waals surface area contributed by atoms with Gasteiger partial charge in [-0.1, -0.05) is 12.8 Å². The van der Waals surface area contributed by atoms with E-state index in [0.717, 1.165) is 12.8 Å². The summed E-state index contributed by atoms with van der Waals surface area (Å²) in [6, 6.07) is -0.306. The second-order valence-electron chi connectivity index (χ2n) is 4.37. The van der Waals surface area contributed by atoms with Gasteiger partial charge in [0, 0.05) is 18.6 Å². The molecule has 4 N–H and O–H groups in total. The Morgan fingerprint density at radius 3 is 2.57 bits per heavy atom. The number of aliphatic hydroxyl groups is 1. The van der Waals surface area contributed by atoms with Crippen LogP contribution in [-0.2, 0) is 4.79 Å². The number of primary amides is 1. The maximum Gasteiger partial charge on any atom is 0.234 e. The third-order valence-electron chi connectivity index (χ3n) is 3.21. The lowest BCUT2D eigenvalue weighted by Crippen LogP contribution is -2.45. The van der Waals surface area contributed by atoms with E-state index >= 15 is 0 Å². The van der Waals surface area contributed by atoms with E-state index in [1.165, 1.54) is 12.8 Å². The van der Waals surface area contributed by atoms with Gasteiger partial charge in [-0.15, -0.1) is 0 Å². The maximum atomic E-state index is 10.8. The van der Waals surface area contributed by atoms with Crippen molar-refractivity contribution in [3.8, 4) is 0 Å². The predicted molar refractivity (Wildman–Crippen MR) is 54.6 cm³/mol. The Kier molecular flexibility index (Phi) is 3.89. The first-order valence-corrected chi connectivity index (χ1v) is 5.23. The van der Waals surface area contributed by atoms with Gasteiger partial charge in [0.05, 0.1) is 6.04 Å². The largest absolute Gasteiger partial charge is 0.396 e. The van der Waals surface area contributed by atoms with Gasteiger partial charge >= 0.3 is 0 Å². The van der Waals surface area contributed by atoms with Gasteiger partial charge in [0.25, 0.3) is 0 Å². The van der Waals surface area contributed by atoms with E-state index in [4.69, 9.17) is 5.73 Å². The standard InChI is InChI=1S/C10H20N2O2/c1-8(9(11)14)12-6-10(7-13)4-2-3-5-10/h8,12-13H,2-7H2,1H3,(H2,11,14). The molecule has 0 bridgehead atoms. The molecule has 1 aliphatic rings. The number of amides is 1. The topological polar surface area (TPSA) is 75.3 Å². The van der Waals surface area contributed by atoms with Crippen molar-refractivity contribution in [1.82, 2.24) is 5.32 Å². The van der Waals surface area contributed by atoms with Crippen molar-refractivity contribution in [2.24, 2.45) is 11.1 Å². The molecule has 0 aliphatic heterocycles. The van der Waals surface area contributed by atoms with Crippen LogP contribution in [0.15, 0.2) is 0 Å². The van der Waals surface area contributed by atoms with Crippen LogP contribution in [0.1, 0.15) is 32.6 Å². The smallest absolute Gasteiger partial charge is 0.234 e. The lowest BCUT2D eigenvalue weighted by molar-refractivity contribution is -0.119. The molecule has 0 heterocycles. The molecule has 4 heteroatoms. The third kappa shape index (κ3) is 2.69. The van der Waals surface area contributed by atoms with Crippen molar-refractivity contribution in [2.45, 2.75) is 38.6 Å². The molecule has 0 aromatic heterocycles. The Morgan fingerprint density at radius 1 is 1.57 bits per heavy atom. The summed E-state index contributed by atoms with van der Waals surface area (Å²) in [7, 11) is 0. The van der Waals surface area contributed by atoms with Crippen molar-refractivity contribution in [2.75, 3.05) is 13.2 Å². The monoisotopic (exact) mass is 200 g/mol. The van der Waals surface area contributed by atoms with Crippen LogP contribution in [0.5, 0.6) is 0 Å². The first-order chi connectivity index (χ1) is 6.59. The summed E-state index contributed by atoms with van der Waals surface area (Å²) >= 11 is 0. The third-order valence-corrected chi connectivity index (χ3v) is 3.21. The molecular weight excluding hydrogens is 180 g/mol. The number of nitrogens with two attached hydrogens (primary N) is 1. The Hall–Kier alpha value is -0.610. The molecule has 1 aliphatic carbocycles. The van der Waals surface area contributed by atoms with Gasteiger partial charge in [0.15, 0.2) is 0 Å². The molecule has 1 rings (SSSR count). The Morgan fingerprint density at radius 2 is 2.14 bits per heavy atom. The van der Waals surface area contributed by atoms with Gasteiger partial charge < -0.3 is 16.2 Å². The quantitative estimate of drug-likeness (QED) is 0.585. The zero-order valence-corrected chi connectivity index (χ0v) is 8.75. The van der Waals surface area contributed by atoms with Gasteiger partial charge in [0.1, 0.15) is 0 Å². The number of nitrogens with one attached hydrogen (secondary N) is 1. The van der Waals surface area contributed by atoms with E-state index in [1.54, 1.807) is 6.92 Å². The SMILES string of the molecule is CC(NCC1(CO)CCCC1)C(N)=O. The van der Waals surface area contributed by atoms with Crippen LogP contribution in [0.3, 0.4) is 0 Å². The minimum absolute atomic E-state index is 0.0102. The Bertz CT molecular complexity index is 200. The highest BCUT2D eigenvalue weighted by Crippen LogP contribution is 2.36. The molecule has 1 amide bonds. The molecule has 1 fully saturated rings. The average Bonchev–Trinajstić information content (AvgIpc) is 2.63. The second-order valence-corrected chi connectivity index (χ2v) is 4.37. The number of rotatable bonds is 5. The highest BCUT2D eigenvalue weighted by molar-refractivity contribution is 5.79. The van der Waals surface area contributed by atoms with Crippen LogP contribution in [-0.4, -0.2) is 30.2 Å². The number of aliphatic hydroxyl groups excluding tert-OH is 1. The minimum Gasteiger partial charge on any atom is -0.396 e.